The summed E-state index contributed by atoms with van der Waals surface area (Å²) < 4.78 is 13.6. The third-order valence-corrected chi connectivity index (χ3v) is 11.0. The van der Waals surface area contributed by atoms with Crippen LogP contribution in [0.25, 0.3) is 11.1 Å². The molecule has 0 bridgehead atoms. The number of fused-ring (bicyclic) bond motifs is 1. The van der Waals surface area contributed by atoms with Crippen molar-refractivity contribution in [3.63, 3.8) is 0 Å². The molecule has 1 spiro atoms. The molecule has 252 valence electrons. The first-order valence-electron chi connectivity index (χ1n) is 16.9. The minimum absolute atomic E-state index is 0.0139. The lowest BCUT2D eigenvalue weighted by Gasteiger charge is -2.43. The number of hydrogen-bond donors (Lipinski definition) is 0. The van der Waals surface area contributed by atoms with Gasteiger partial charge in [0.25, 0.3) is 11.5 Å². The predicted molar refractivity (Wildman–Crippen MR) is 187 cm³/mol. The van der Waals surface area contributed by atoms with Gasteiger partial charge < -0.3 is 18.9 Å². The van der Waals surface area contributed by atoms with Crippen LogP contribution in [0.1, 0.15) is 66.1 Å². The molecule has 0 N–H and O–H groups in total. The van der Waals surface area contributed by atoms with Crippen molar-refractivity contribution in [2.75, 3.05) is 40.4 Å². The second kappa shape index (κ2) is 13.3. The molecule has 6 rings (SSSR count). The average molecular weight is 650 g/mol. The first kappa shape index (κ1) is 33.5. The summed E-state index contributed by atoms with van der Waals surface area (Å²) >= 11 is 0. The fraction of sp³-hybridized carbons (Fsp3) is 0.462. The number of piperazine rings is 1. The largest absolute Gasteiger partial charge is 0.496 e. The Bertz CT molecular complexity index is 1860. The van der Waals surface area contributed by atoms with Gasteiger partial charge in [0, 0.05) is 69.2 Å². The van der Waals surface area contributed by atoms with E-state index in [1.54, 1.807) is 38.8 Å². The molecule has 2 aromatic carbocycles. The van der Waals surface area contributed by atoms with Gasteiger partial charge in [0.1, 0.15) is 23.1 Å². The van der Waals surface area contributed by atoms with Crippen molar-refractivity contribution < 1.29 is 14.3 Å². The molecule has 1 unspecified atom stereocenters. The van der Waals surface area contributed by atoms with E-state index in [0.717, 1.165) is 78.5 Å². The van der Waals surface area contributed by atoms with E-state index in [1.807, 2.05) is 24.9 Å². The second-order valence-corrected chi connectivity index (χ2v) is 13.6. The normalized spacial score (nSPS) is 19.2. The molecule has 3 aliphatic rings. The number of methoxy groups -OCH3 is 2. The van der Waals surface area contributed by atoms with Gasteiger partial charge in [-0.25, -0.2) is 0 Å². The summed E-state index contributed by atoms with van der Waals surface area (Å²) in [6, 6.07) is 12.6. The highest BCUT2D eigenvalue weighted by Crippen LogP contribution is 2.47. The number of pyridine rings is 1. The monoisotopic (exact) mass is 649 g/mol. The maximum Gasteiger partial charge on any atom is 0.264 e. The van der Waals surface area contributed by atoms with E-state index in [0.29, 0.717) is 6.54 Å². The van der Waals surface area contributed by atoms with E-state index >= 15 is 0 Å². The Morgan fingerprint density at radius 2 is 1.77 bits per heavy atom. The van der Waals surface area contributed by atoms with Crippen LogP contribution in [-0.4, -0.2) is 71.1 Å². The molecule has 3 heterocycles. The Morgan fingerprint density at radius 3 is 2.40 bits per heavy atom. The van der Waals surface area contributed by atoms with Crippen molar-refractivity contribution in [3.8, 4) is 28.7 Å². The minimum atomic E-state index is -0.184. The molecular weight excluding hydrogens is 602 g/mol. The van der Waals surface area contributed by atoms with Gasteiger partial charge in [-0.1, -0.05) is 24.3 Å². The average Bonchev–Trinajstić information content (AvgIpc) is 3.86. The van der Waals surface area contributed by atoms with Gasteiger partial charge in [-0.05, 0) is 86.9 Å². The van der Waals surface area contributed by atoms with Gasteiger partial charge in [0.05, 0.1) is 25.8 Å². The zero-order valence-corrected chi connectivity index (χ0v) is 29.4. The smallest absolute Gasteiger partial charge is 0.264 e. The van der Waals surface area contributed by atoms with E-state index in [9.17, 15) is 14.9 Å². The van der Waals surface area contributed by atoms with Crippen LogP contribution < -0.4 is 15.0 Å². The van der Waals surface area contributed by atoms with Gasteiger partial charge in [-0.3, -0.25) is 19.4 Å². The molecule has 1 aliphatic carbocycles. The van der Waals surface area contributed by atoms with E-state index in [-0.39, 0.29) is 28.6 Å². The Hall–Kier alpha value is -4.39. The first-order valence-corrected chi connectivity index (χ1v) is 16.9. The van der Waals surface area contributed by atoms with Gasteiger partial charge >= 0.3 is 0 Å². The van der Waals surface area contributed by atoms with Crippen LogP contribution in [0.4, 0.5) is 0 Å². The number of ether oxygens (including phenoxy) is 2. The highest BCUT2D eigenvalue weighted by atomic mass is 16.5. The summed E-state index contributed by atoms with van der Waals surface area (Å²) in [7, 11) is 5.21. The van der Waals surface area contributed by atoms with E-state index in [2.05, 4.69) is 53.1 Å². The van der Waals surface area contributed by atoms with E-state index < -0.39 is 0 Å². The lowest BCUT2D eigenvalue weighted by molar-refractivity contribution is -0.129. The predicted octanol–water partition coefficient (Wildman–Crippen LogP) is 5.45. The third-order valence-electron chi connectivity index (χ3n) is 11.0. The van der Waals surface area contributed by atoms with Crippen LogP contribution in [0.3, 0.4) is 0 Å². The van der Waals surface area contributed by atoms with E-state index in [4.69, 9.17) is 9.47 Å². The molecule has 3 aromatic rings. The van der Waals surface area contributed by atoms with Gasteiger partial charge in [0.15, 0.2) is 0 Å². The molecule has 1 saturated carbocycles. The zero-order chi connectivity index (χ0) is 34.3. The topological polar surface area (TPSA) is 91.0 Å². The minimum Gasteiger partial charge on any atom is -0.496 e. The summed E-state index contributed by atoms with van der Waals surface area (Å²) in [6.07, 6.45) is 6.65. The van der Waals surface area contributed by atoms with E-state index in [1.165, 1.54) is 29.5 Å². The molecule has 1 aromatic heterocycles. The highest BCUT2D eigenvalue weighted by molar-refractivity contribution is 5.97. The fourth-order valence-electron chi connectivity index (χ4n) is 7.85. The van der Waals surface area contributed by atoms with Crippen LogP contribution >= 0.6 is 0 Å². The molecule has 0 radical (unpaired) electrons. The Morgan fingerprint density at radius 1 is 1.06 bits per heavy atom. The number of aryl methyl sites for hydroxylation is 1. The van der Waals surface area contributed by atoms with Crippen molar-refractivity contribution in [1.29, 1.82) is 5.26 Å². The first-order chi connectivity index (χ1) is 23.0. The summed E-state index contributed by atoms with van der Waals surface area (Å²) in [5.74, 6) is 1.39. The highest BCUT2D eigenvalue weighted by Gasteiger charge is 2.51. The van der Waals surface area contributed by atoms with Crippen molar-refractivity contribution in [3.05, 3.63) is 91.9 Å². The SMILES string of the molecule is C/C=C(\C#N)C(=O)N1CCc2c(CN3CCN(Cc4c(OC)cc(-c5cn(C)c(=O)c(C)c5C)cc4OC)CC34CC4)cccc2C1C. The number of carbonyl (C=O) groups excluding carboxylic acids is 1. The van der Waals surface area contributed by atoms with Crippen LogP contribution in [-0.2, 0) is 31.4 Å². The zero-order valence-electron chi connectivity index (χ0n) is 29.4. The number of amides is 1. The van der Waals surface area contributed by atoms with Crippen molar-refractivity contribution in [2.45, 2.75) is 71.6 Å². The number of nitrogens with zero attached hydrogens (tertiary/aromatic N) is 5. The number of hydrogen-bond acceptors (Lipinski definition) is 7. The Balaban J connectivity index is 1.19. The molecule has 1 atom stereocenters. The van der Waals surface area contributed by atoms with Crippen molar-refractivity contribution in [2.24, 2.45) is 7.05 Å². The van der Waals surface area contributed by atoms with Crippen LogP contribution in [0.15, 0.2) is 53.0 Å². The molecule has 2 aliphatic heterocycles. The number of allylic oxidation sites excluding steroid dienone is 1. The lowest BCUT2D eigenvalue weighted by Crippen LogP contribution is -2.54. The quantitative estimate of drug-likeness (QED) is 0.237. The number of aromatic nitrogens is 1. The van der Waals surface area contributed by atoms with Crippen LogP contribution in [0.5, 0.6) is 11.5 Å². The summed E-state index contributed by atoms with van der Waals surface area (Å²) in [5, 5.41) is 9.43. The molecule has 1 saturated heterocycles. The number of rotatable bonds is 8. The molecule has 2 fully saturated rings. The third kappa shape index (κ3) is 5.93. The van der Waals surface area contributed by atoms with Crippen LogP contribution in [0, 0.1) is 25.2 Å². The standard InChI is InChI=1S/C39H47N5O4/c1-8-28(20-40)38(46)44-15-12-32-29(10-9-11-31(32)27(44)4)21-43-17-16-42(24-39(43)13-14-39)23-34-35(47-6)18-30(19-36(34)48-7)33-22-41(5)37(45)26(3)25(33)2/h8-11,18-19,22,27H,12-17,21,23-24H2,1-7H3/b28-8+. The fourth-order valence-corrected chi connectivity index (χ4v) is 7.85. The summed E-state index contributed by atoms with van der Waals surface area (Å²) in [5.41, 5.74) is 8.96. The van der Waals surface area contributed by atoms with Gasteiger partial charge in [-0.2, -0.15) is 5.26 Å². The maximum absolute atomic E-state index is 13.0. The molecule has 9 heteroatoms. The van der Waals surface area contributed by atoms with Crippen LogP contribution in [0.2, 0.25) is 0 Å². The molecule has 9 nitrogen and oxygen atoms in total. The maximum atomic E-state index is 13.0. The molecule has 1 amide bonds. The second-order valence-electron chi connectivity index (χ2n) is 13.6. The number of benzene rings is 2. The lowest BCUT2D eigenvalue weighted by atomic mass is 9.88. The molecular formula is C39H47N5O4. The summed E-state index contributed by atoms with van der Waals surface area (Å²) in [4.78, 5) is 32.6. The number of nitriles is 1. The Labute approximate surface area is 284 Å². The molecule has 48 heavy (non-hydrogen) atoms. The Kier molecular flexibility index (Phi) is 9.25. The van der Waals surface area contributed by atoms with Crippen molar-refractivity contribution >= 4 is 5.91 Å². The van der Waals surface area contributed by atoms with Gasteiger partial charge in [-0.15, -0.1) is 0 Å². The number of carbonyl (C=O) groups is 1. The van der Waals surface area contributed by atoms with Crippen molar-refractivity contribution in [1.82, 2.24) is 19.3 Å². The van der Waals surface area contributed by atoms with Gasteiger partial charge in [0.2, 0.25) is 0 Å². The summed E-state index contributed by atoms with van der Waals surface area (Å²) in [6.45, 7) is 12.8.